The quantitative estimate of drug-likeness (QED) is 0.861. The molecule has 0 amide bonds. The number of nitrogens with one attached hydrogen (secondary N) is 1. The van der Waals surface area contributed by atoms with Gasteiger partial charge in [-0.05, 0) is 54.4 Å². The van der Waals surface area contributed by atoms with E-state index in [0.29, 0.717) is 0 Å². The van der Waals surface area contributed by atoms with E-state index in [9.17, 15) is 0 Å². The third-order valence-electron chi connectivity index (χ3n) is 2.82. The molecule has 0 aliphatic carbocycles. The molecule has 0 saturated carbocycles. The lowest BCUT2D eigenvalue weighted by atomic mass is 9.98. The minimum Gasteiger partial charge on any atom is -0.316 e. The molecule has 17 heavy (non-hydrogen) atoms. The predicted molar refractivity (Wildman–Crippen MR) is 74.4 cm³/mol. The van der Waals surface area contributed by atoms with E-state index in [1.165, 1.54) is 22.3 Å². The van der Waals surface area contributed by atoms with Crippen molar-refractivity contribution in [1.29, 1.82) is 0 Å². The minimum atomic E-state index is 0.779. The highest BCUT2D eigenvalue weighted by atomic mass is 35.5. The molecule has 0 heterocycles. The molecule has 88 valence electrons. The fourth-order valence-corrected chi connectivity index (χ4v) is 2.14. The smallest absolute Gasteiger partial charge is 0.0412 e. The summed E-state index contributed by atoms with van der Waals surface area (Å²) >= 11 is 6.04. The van der Waals surface area contributed by atoms with Gasteiger partial charge in [-0.3, -0.25) is 0 Å². The van der Waals surface area contributed by atoms with Crippen molar-refractivity contribution in [3.05, 3.63) is 58.6 Å². The third-order valence-corrected chi connectivity index (χ3v) is 3.05. The lowest BCUT2D eigenvalue weighted by Gasteiger charge is -2.09. The summed E-state index contributed by atoms with van der Waals surface area (Å²) in [6.07, 6.45) is 0. The van der Waals surface area contributed by atoms with Crippen LogP contribution in [-0.2, 0) is 6.54 Å². The summed E-state index contributed by atoms with van der Waals surface area (Å²) in [6.45, 7) is 3.01. The van der Waals surface area contributed by atoms with Gasteiger partial charge < -0.3 is 5.32 Å². The molecule has 2 aromatic carbocycles. The second kappa shape index (κ2) is 5.35. The molecule has 0 fully saturated rings. The first kappa shape index (κ1) is 12.2. The molecule has 0 saturated heterocycles. The van der Waals surface area contributed by atoms with Gasteiger partial charge in [0.1, 0.15) is 0 Å². The molecule has 0 aliphatic rings. The van der Waals surface area contributed by atoms with Gasteiger partial charge in [-0.1, -0.05) is 35.9 Å². The van der Waals surface area contributed by atoms with Crippen molar-refractivity contribution < 1.29 is 0 Å². The van der Waals surface area contributed by atoms with E-state index in [0.717, 1.165) is 11.6 Å². The topological polar surface area (TPSA) is 12.0 Å². The van der Waals surface area contributed by atoms with Crippen LogP contribution in [0.3, 0.4) is 0 Å². The predicted octanol–water partition coefficient (Wildman–Crippen LogP) is 4.03. The van der Waals surface area contributed by atoms with Gasteiger partial charge >= 0.3 is 0 Å². The van der Waals surface area contributed by atoms with Crippen molar-refractivity contribution in [2.45, 2.75) is 13.5 Å². The summed E-state index contributed by atoms with van der Waals surface area (Å²) < 4.78 is 0. The Kier molecular flexibility index (Phi) is 3.82. The summed E-state index contributed by atoms with van der Waals surface area (Å²) in [6, 6.07) is 14.5. The number of halogens is 1. The molecule has 0 aromatic heterocycles. The largest absolute Gasteiger partial charge is 0.316 e. The minimum absolute atomic E-state index is 0.779. The van der Waals surface area contributed by atoms with Crippen molar-refractivity contribution >= 4 is 11.6 Å². The van der Waals surface area contributed by atoms with Gasteiger partial charge in [0.2, 0.25) is 0 Å². The van der Waals surface area contributed by atoms with Crippen molar-refractivity contribution in [2.24, 2.45) is 0 Å². The molecular weight excluding hydrogens is 230 g/mol. The van der Waals surface area contributed by atoms with Crippen LogP contribution < -0.4 is 5.32 Å². The summed E-state index contributed by atoms with van der Waals surface area (Å²) in [4.78, 5) is 0. The average molecular weight is 246 g/mol. The van der Waals surface area contributed by atoms with Crippen LogP contribution in [-0.4, -0.2) is 7.05 Å². The van der Waals surface area contributed by atoms with Gasteiger partial charge in [0.15, 0.2) is 0 Å². The molecule has 0 unspecified atom stereocenters. The summed E-state index contributed by atoms with van der Waals surface area (Å²) in [5.41, 5.74) is 4.98. The Labute approximate surface area is 107 Å². The molecule has 0 aliphatic heterocycles. The van der Waals surface area contributed by atoms with Gasteiger partial charge in [-0.2, -0.15) is 0 Å². The van der Waals surface area contributed by atoms with Crippen LogP contribution in [0.25, 0.3) is 11.1 Å². The fraction of sp³-hybridized carbons (Fsp3) is 0.200. The number of rotatable bonds is 3. The van der Waals surface area contributed by atoms with E-state index in [1.54, 1.807) is 0 Å². The maximum atomic E-state index is 6.04. The molecule has 0 radical (unpaired) electrons. The van der Waals surface area contributed by atoms with Gasteiger partial charge in [0.25, 0.3) is 0 Å². The lowest BCUT2D eigenvalue weighted by Crippen LogP contribution is -2.05. The highest BCUT2D eigenvalue weighted by molar-refractivity contribution is 6.30. The first-order valence-corrected chi connectivity index (χ1v) is 6.08. The standard InChI is InChI=1S/C15H16ClN/c1-11-6-7-12(10-17-2)8-15(11)13-4-3-5-14(16)9-13/h3-9,17H,10H2,1-2H3. The molecule has 1 nitrogen and oxygen atoms in total. The summed E-state index contributed by atoms with van der Waals surface area (Å²) in [5, 5.41) is 3.95. The van der Waals surface area contributed by atoms with Gasteiger partial charge in [-0.25, -0.2) is 0 Å². The summed E-state index contributed by atoms with van der Waals surface area (Å²) in [5.74, 6) is 0. The number of benzene rings is 2. The molecule has 2 aromatic rings. The highest BCUT2D eigenvalue weighted by Gasteiger charge is 2.03. The Balaban J connectivity index is 2.46. The van der Waals surface area contributed by atoms with Crippen LogP contribution in [0.4, 0.5) is 0 Å². The molecular formula is C15H16ClN. The van der Waals surface area contributed by atoms with Crippen molar-refractivity contribution in [2.75, 3.05) is 7.05 Å². The van der Waals surface area contributed by atoms with Crippen molar-refractivity contribution in [3.63, 3.8) is 0 Å². The molecule has 0 spiro atoms. The maximum Gasteiger partial charge on any atom is 0.0412 e. The van der Waals surface area contributed by atoms with E-state index < -0.39 is 0 Å². The molecule has 1 N–H and O–H groups in total. The zero-order valence-corrected chi connectivity index (χ0v) is 10.9. The highest BCUT2D eigenvalue weighted by Crippen LogP contribution is 2.26. The Morgan fingerprint density at radius 2 is 1.94 bits per heavy atom. The SMILES string of the molecule is CNCc1ccc(C)c(-c2cccc(Cl)c2)c1. The van der Waals surface area contributed by atoms with Crippen LogP contribution in [0.2, 0.25) is 5.02 Å². The first-order valence-electron chi connectivity index (χ1n) is 5.71. The summed E-state index contributed by atoms with van der Waals surface area (Å²) in [7, 11) is 1.96. The monoisotopic (exact) mass is 245 g/mol. The number of hydrogen-bond donors (Lipinski definition) is 1. The molecule has 2 rings (SSSR count). The fourth-order valence-electron chi connectivity index (χ4n) is 1.95. The Morgan fingerprint density at radius 3 is 2.65 bits per heavy atom. The second-order valence-electron chi connectivity index (χ2n) is 4.19. The van der Waals surface area contributed by atoms with Crippen LogP contribution in [0, 0.1) is 6.92 Å². The van der Waals surface area contributed by atoms with Crippen molar-refractivity contribution in [1.82, 2.24) is 5.32 Å². The molecule has 0 atom stereocenters. The number of hydrogen-bond acceptors (Lipinski definition) is 1. The van der Waals surface area contributed by atoms with Crippen LogP contribution in [0.5, 0.6) is 0 Å². The van der Waals surface area contributed by atoms with Crippen LogP contribution in [0.15, 0.2) is 42.5 Å². The third kappa shape index (κ3) is 2.87. The number of aryl methyl sites for hydroxylation is 1. The zero-order chi connectivity index (χ0) is 12.3. The Bertz CT molecular complexity index is 520. The van der Waals surface area contributed by atoms with Crippen molar-refractivity contribution in [3.8, 4) is 11.1 Å². The Morgan fingerprint density at radius 1 is 1.12 bits per heavy atom. The average Bonchev–Trinajstić information content (AvgIpc) is 2.32. The van der Waals surface area contributed by atoms with Crippen LogP contribution >= 0.6 is 11.6 Å². The normalized spacial score (nSPS) is 10.5. The van der Waals surface area contributed by atoms with E-state index in [4.69, 9.17) is 11.6 Å². The van der Waals surface area contributed by atoms with Gasteiger partial charge in [-0.15, -0.1) is 0 Å². The van der Waals surface area contributed by atoms with E-state index in [-0.39, 0.29) is 0 Å². The van der Waals surface area contributed by atoms with Crippen LogP contribution in [0.1, 0.15) is 11.1 Å². The van der Waals surface area contributed by atoms with E-state index >= 15 is 0 Å². The molecule has 0 bridgehead atoms. The lowest BCUT2D eigenvalue weighted by molar-refractivity contribution is 0.818. The van der Waals surface area contributed by atoms with Gasteiger partial charge in [0.05, 0.1) is 0 Å². The first-order chi connectivity index (χ1) is 8.20. The second-order valence-corrected chi connectivity index (χ2v) is 4.63. The Hall–Kier alpha value is -1.31. The zero-order valence-electron chi connectivity index (χ0n) is 10.1. The van der Waals surface area contributed by atoms with E-state index in [1.807, 2.05) is 25.2 Å². The van der Waals surface area contributed by atoms with E-state index in [2.05, 4.69) is 36.5 Å². The maximum absolute atomic E-state index is 6.04. The van der Waals surface area contributed by atoms with Gasteiger partial charge in [0, 0.05) is 11.6 Å². The molecule has 2 heteroatoms.